The molecule has 1 N–H and O–H groups in total. The molecule has 2 unspecified atom stereocenters. The Labute approximate surface area is 107 Å². The largest absolute Gasteiger partial charge is 0.422 e. The molecule has 0 radical (unpaired) electrons. The topological polar surface area (TPSA) is 51.0 Å². The summed E-state index contributed by atoms with van der Waals surface area (Å²) in [6.07, 6.45) is 4.54. The van der Waals surface area contributed by atoms with Crippen molar-refractivity contribution in [2.75, 3.05) is 12.3 Å². The molecule has 1 aliphatic rings. The first kappa shape index (κ1) is 12.9. The third-order valence-electron chi connectivity index (χ3n) is 3.01. The van der Waals surface area contributed by atoms with Crippen LogP contribution < -0.4 is 5.32 Å². The summed E-state index contributed by atoms with van der Waals surface area (Å²) in [4.78, 5) is 0. The minimum absolute atomic E-state index is 0.211. The molecule has 0 bridgehead atoms. The highest BCUT2D eigenvalue weighted by Gasteiger charge is 2.25. The first-order valence-corrected chi connectivity index (χ1v) is 7.58. The number of rotatable bonds is 6. The summed E-state index contributed by atoms with van der Waals surface area (Å²) in [6.45, 7) is 5.30. The number of aromatic nitrogens is 2. The summed E-state index contributed by atoms with van der Waals surface area (Å²) < 4.78 is 5.81. The van der Waals surface area contributed by atoms with E-state index in [1.54, 1.807) is 0 Å². The van der Waals surface area contributed by atoms with Crippen LogP contribution in [0.25, 0.3) is 0 Å². The highest BCUT2D eigenvalue weighted by molar-refractivity contribution is 7.99. The van der Waals surface area contributed by atoms with Crippen LogP contribution in [-0.2, 0) is 0 Å². The predicted molar refractivity (Wildman–Crippen MR) is 70.1 cm³/mol. The number of nitrogens with one attached hydrogen (secondary N) is 1. The van der Waals surface area contributed by atoms with E-state index in [9.17, 15) is 0 Å². The molecule has 1 aromatic heterocycles. The second-order valence-corrected chi connectivity index (χ2v) is 5.71. The van der Waals surface area contributed by atoms with Crippen LogP contribution in [0.15, 0.2) is 4.42 Å². The standard InChI is InChI=1S/C12H21N3OS/c1-3-7-13-9(4-2)11-14-15-12(16-11)10-6-5-8-17-10/h9-10,13H,3-8H2,1-2H3. The van der Waals surface area contributed by atoms with Gasteiger partial charge in [0.05, 0.1) is 11.3 Å². The van der Waals surface area contributed by atoms with Crippen molar-refractivity contribution in [3.63, 3.8) is 0 Å². The average molecular weight is 255 g/mol. The van der Waals surface area contributed by atoms with E-state index in [4.69, 9.17) is 4.42 Å². The molecule has 0 aromatic carbocycles. The fraction of sp³-hybridized carbons (Fsp3) is 0.833. The van der Waals surface area contributed by atoms with Crippen LogP contribution in [0.5, 0.6) is 0 Å². The van der Waals surface area contributed by atoms with Crippen molar-refractivity contribution >= 4 is 11.8 Å². The van der Waals surface area contributed by atoms with Gasteiger partial charge >= 0.3 is 0 Å². The monoisotopic (exact) mass is 255 g/mol. The summed E-state index contributed by atoms with van der Waals surface area (Å²) in [6, 6.07) is 0.211. The Hall–Kier alpha value is -0.550. The summed E-state index contributed by atoms with van der Waals surface area (Å²) in [5.74, 6) is 2.79. The Morgan fingerprint density at radius 3 is 3.00 bits per heavy atom. The van der Waals surface area contributed by atoms with Crippen molar-refractivity contribution in [2.24, 2.45) is 0 Å². The normalized spacial score (nSPS) is 21.9. The van der Waals surface area contributed by atoms with Gasteiger partial charge in [0, 0.05) is 0 Å². The number of hydrogen-bond donors (Lipinski definition) is 1. The van der Waals surface area contributed by atoms with Crippen LogP contribution >= 0.6 is 11.8 Å². The van der Waals surface area contributed by atoms with Gasteiger partial charge in [0.25, 0.3) is 0 Å². The van der Waals surface area contributed by atoms with Gasteiger partial charge in [0.15, 0.2) is 0 Å². The first-order valence-electron chi connectivity index (χ1n) is 6.53. The van der Waals surface area contributed by atoms with E-state index in [0.717, 1.165) is 31.2 Å². The Morgan fingerprint density at radius 2 is 2.35 bits per heavy atom. The molecule has 1 saturated heterocycles. The molecule has 0 amide bonds. The lowest BCUT2D eigenvalue weighted by atomic mass is 10.2. The molecule has 1 aromatic rings. The van der Waals surface area contributed by atoms with E-state index < -0.39 is 0 Å². The molecule has 2 rings (SSSR count). The fourth-order valence-corrected chi connectivity index (χ4v) is 3.20. The Morgan fingerprint density at radius 1 is 1.47 bits per heavy atom. The number of hydrogen-bond acceptors (Lipinski definition) is 5. The predicted octanol–water partition coefficient (Wildman–Crippen LogP) is 3.09. The zero-order valence-corrected chi connectivity index (χ0v) is 11.4. The number of nitrogens with zero attached hydrogens (tertiary/aromatic N) is 2. The highest BCUT2D eigenvalue weighted by atomic mass is 32.2. The van der Waals surface area contributed by atoms with Crippen LogP contribution in [0.1, 0.15) is 62.6 Å². The van der Waals surface area contributed by atoms with Crippen molar-refractivity contribution in [1.29, 1.82) is 0 Å². The van der Waals surface area contributed by atoms with Gasteiger partial charge < -0.3 is 9.73 Å². The fourth-order valence-electron chi connectivity index (χ4n) is 2.01. The maximum Gasteiger partial charge on any atom is 0.233 e. The van der Waals surface area contributed by atoms with Crippen molar-refractivity contribution in [3.8, 4) is 0 Å². The molecule has 2 heterocycles. The van der Waals surface area contributed by atoms with Gasteiger partial charge in [-0.1, -0.05) is 13.8 Å². The quantitative estimate of drug-likeness (QED) is 0.846. The summed E-state index contributed by atoms with van der Waals surface area (Å²) in [7, 11) is 0. The summed E-state index contributed by atoms with van der Waals surface area (Å²) in [5.41, 5.74) is 0. The third-order valence-corrected chi connectivity index (χ3v) is 4.37. The zero-order valence-electron chi connectivity index (χ0n) is 10.6. The van der Waals surface area contributed by atoms with E-state index in [-0.39, 0.29) is 6.04 Å². The van der Waals surface area contributed by atoms with Crippen molar-refractivity contribution in [2.45, 2.75) is 50.8 Å². The number of thioether (sulfide) groups is 1. The van der Waals surface area contributed by atoms with Crippen molar-refractivity contribution in [3.05, 3.63) is 11.8 Å². The Bertz CT molecular complexity index is 336. The Balaban J connectivity index is 1.99. The molecule has 1 aliphatic heterocycles. The van der Waals surface area contributed by atoms with Crippen LogP contribution in [0.4, 0.5) is 0 Å². The maximum atomic E-state index is 5.81. The lowest BCUT2D eigenvalue weighted by Gasteiger charge is -2.11. The minimum atomic E-state index is 0.211. The van der Waals surface area contributed by atoms with Gasteiger partial charge in [-0.15, -0.1) is 22.0 Å². The molecule has 0 saturated carbocycles. The molecule has 1 fully saturated rings. The summed E-state index contributed by atoms with van der Waals surface area (Å²) in [5, 5.41) is 12.3. The molecule has 0 spiro atoms. The van der Waals surface area contributed by atoms with Crippen LogP contribution in [0.2, 0.25) is 0 Å². The Kier molecular flexibility index (Phi) is 4.86. The van der Waals surface area contributed by atoms with E-state index in [1.807, 2.05) is 11.8 Å². The lowest BCUT2D eigenvalue weighted by molar-refractivity contribution is 0.370. The SMILES string of the molecule is CCCNC(CC)c1nnc(C2CCCS2)o1. The average Bonchev–Trinajstić information content (AvgIpc) is 3.00. The minimum Gasteiger partial charge on any atom is -0.422 e. The molecular weight excluding hydrogens is 234 g/mol. The lowest BCUT2D eigenvalue weighted by Crippen LogP contribution is -2.21. The highest BCUT2D eigenvalue weighted by Crippen LogP contribution is 2.39. The van der Waals surface area contributed by atoms with Crippen LogP contribution in [0.3, 0.4) is 0 Å². The van der Waals surface area contributed by atoms with Gasteiger partial charge in [0.2, 0.25) is 11.8 Å². The molecule has 0 aliphatic carbocycles. The van der Waals surface area contributed by atoms with Gasteiger partial charge in [-0.05, 0) is 38.0 Å². The molecule has 4 nitrogen and oxygen atoms in total. The van der Waals surface area contributed by atoms with Crippen LogP contribution in [0, 0.1) is 0 Å². The maximum absolute atomic E-state index is 5.81. The van der Waals surface area contributed by atoms with E-state index in [1.165, 1.54) is 18.6 Å². The molecular formula is C12H21N3OS. The van der Waals surface area contributed by atoms with Gasteiger partial charge in [-0.3, -0.25) is 0 Å². The van der Waals surface area contributed by atoms with Crippen molar-refractivity contribution < 1.29 is 4.42 Å². The van der Waals surface area contributed by atoms with Crippen molar-refractivity contribution in [1.82, 2.24) is 15.5 Å². The molecule has 96 valence electrons. The molecule has 5 heteroatoms. The summed E-state index contributed by atoms with van der Waals surface area (Å²) >= 11 is 1.93. The third kappa shape index (κ3) is 3.22. The second-order valence-electron chi connectivity index (χ2n) is 4.40. The molecule has 17 heavy (non-hydrogen) atoms. The van der Waals surface area contributed by atoms with E-state index >= 15 is 0 Å². The van der Waals surface area contributed by atoms with E-state index in [2.05, 4.69) is 29.4 Å². The van der Waals surface area contributed by atoms with Gasteiger partial charge in [-0.25, -0.2) is 0 Å². The van der Waals surface area contributed by atoms with Gasteiger partial charge in [-0.2, -0.15) is 0 Å². The zero-order chi connectivity index (χ0) is 12.1. The molecule has 2 atom stereocenters. The second kappa shape index (κ2) is 6.40. The first-order chi connectivity index (χ1) is 8.35. The van der Waals surface area contributed by atoms with Gasteiger partial charge in [0.1, 0.15) is 0 Å². The smallest absolute Gasteiger partial charge is 0.233 e. The van der Waals surface area contributed by atoms with Crippen LogP contribution in [-0.4, -0.2) is 22.5 Å². The van der Waals surface area contributed by atoms with E-state index in [0.29, 0.717) is 5.25 Å².